The number of aliphatic imine (C=N–C) groups is 1. The normalized spacial score (nSPS) is 22.1. The number of imide groups is 1. The van der Waals surface area contributed by atoms with Crippen LogP contribution in [-0.2, 0) is 31.8 Å². The fourth-order valence-electron chi connectivity index (χ4n) is 4.73. The number of phosphoric acid groups is 3. The number of anilines is 2. The van der Waals surface area contributed by atoms with Crippen LogP contribution in [0.2, 0.25) is 0 Å². The van der Waals surface area contributed by atoms with E-state index in [0.29, 0.717) is 16.9 Å². The lowest BCUT2D eigenvalue weighted by molar-refractivity contribution is -0.122. The third-order valence-electron chi connectivity index (χ3n) is 7.06. The van der Waals surface area contributed by atoms with E-state index in [0.717, 1.165) is 11.1 Å². The predicted molar refractivity (Wildman–Crippen MR) is 159 cm³/mol. The van der Waals surface area contributed by atoms with Crippen LogP contribution in [0.5, 0.6) is 0 Å². The summed E-state index contributed by atoms with van der Waals surface area (Å²) >= 11 is 0. The van der Waals surface area contributed by atoms with E-state index >= 15 is 0 Å². The zero-order valence-corrected chi connectivity index (χ0v) is 27.3. The summed E-state index contributed by atoms with van der Waals surface area (Å²) in [7, 11) is -15.6. The van der Waals surface area contributed by atoms with E-state index in [2.05, 4.69) is 29.0 Å². The molecule has 3 rings (SSSR count). The number of aryl methyl sites for hydroxylation is 2. The van der Waals surface area contributed by atoms with Crippen LogP contribution in [0.25, 0.3) is 0 Å². The average molecular weight is 716 g/mol. The van der Waals surface area contributed by atoms with Crippen LogP contribution in [-0.4, -0.2) is 101 Å². The van der Waals surface area contributed by atoms with Gasteiger partial charge >= 0.3 is 29.5 Å². The molecule has 2 aliphatic heterocycles. The number of hydrogen-bond donors (Lipinski definition) is 10. The van der Waals surface area contributed by atoms with Crippen LogP contribution in [0.4, 0.5) is 16.2 Å². The van der Waals surface area contributed by atoms with Crippen molar-refractivity contribution in [2.24, 2.45) is 4.99 Å². The van der Waals surface area contributed by atoms with Crippen LogP contribution in [0.1, 0.15) is 30.9 Å². The highest BCUT2D eigenvalue weighted by molar-refractivity contribution is 7.60. The number of amidine groups is 1. The highest BCUT2D eigenvalue weighted by atomic mass is 31.3. The maximum Gasteiger partial charge on any atom is 0.481 e. The van der Waals surface area contributed by atoms with Gasteiger partial charge in [-0.3, -0.25) is 19.2 Å². The topological polar surface area (TPSA) is 315 Å². The number of hydrogen-bond acceptors (Lipinski definition) is 13. The molecule has 1 unspecified atom stereocenters. The number of amides is 3. The summed E-state index contributed by atoms with van der Waals surface area (Å²) in [5.41, 5.74) is 0.602. The monoisotopic (exact) mass is 716 g/mol. The van der Waals surface area contributed by atoms with E-state index in [1.807, 2.05) is 0 Å². The number of benzene rings is 1. The van der Waals surface area contributed by atoms with Gasteiger partial charge in [-0.1, -0.05) is 11.6 Å². The standard InChI is InChI=1S/C23H35N4O16P3/c1-4-14(5-6-41-46(39,40)43-45(36,37)38)9-23-20(24-22(32)25-21(23)31)27(16-8-13(3)12(2)7-15(16)26-23)10-17(28)19(30)18(29)11-42-44(33,34)35/h4,7-8,17-19,26,28-30H,5-6,9-11H2,1-3H3,(H,39,40)(H,25,31,32)(H2,33,34,35)(H2,36,37,38)/b14-4+/t17-,18+,19-,23+/m0/s1. The molecule has 1 aromatic rings. The maximum absolute atomic E-state index is 13.6. The first-order chi connectivity index (χ1) is 21.1. The number of nitrogens with one attached hydrogen (secondary N) is 2. The van der Waals surface area contributed by atoms with Gasteiger partial charge in [-0.05, 0) is 50.5 Å². The van der Waals surface area contributed by atoms with Crippen molar-refractivity contribution in [3.8, 4) is 0 Å². The van der Waals surface area contributed by atoms with Gasteiger partial charge in [-0.15, -0.1) is 0 Å². The Hall–Kier alpha value is -2.38. The second kappa shape index (κ2) is 14.4. The van der Waals surface area contributed by atoms with Gasteiger partial charge < -0.3 is 50.0 Å². The molecule has 0 aliphatic carbocycles. The van der Waals surface area contributed by atoms with Gasteiger partial charge in [0.25, 0.3) is 5.91 Å². The number of allylic oxidation sites excluding steroid dienone is 1. The van der Waals surface area contributed by atoms with Crippen molar-refractivity contribution < 1.29 is 76.4 Å². The lowest BCUT2D eigenvalue weighted by Crippen LogP contribution is -2.69. The number of aliphatic hydroxyl groups excluding tert-OH is 3. The van der Waals surface area contributed by atoms with Crippen molar-refractivity contribution in [1.82, 2.24) is 5.32 Å². The predicted octanol–water partition coefficient (Wildman–Crippen LogP) is 0.0672. The third-order valence-corrected chi connectivity index (χ3v) is 9.73. The number of aliphatic hydroxyl groups is 3. The van der Waals surface area contributed by atoms with Crippen molar-refractivity contribution in [2.45, 2.75) is 57.5 Å². The first kappa shape index (κ1) is 38.1. The van der Waals surface area contributed by atoms with Crippen LogP contribution in [0.15, 0.2) is 28.8 Å². The van der Waals surface area contributed by atoms with Gasteiger partial charge in [0.05, 0.1) is 31.1 Å². The summed E-state index contributed by atoms with van der Waals surface area (Å²) in [6.07, 6.45) is -4.82. The van der Waals surface area contributed by atoms with E-state index in [-0.39, 0.29) is 18.7 Å². The molecule has 20 nitrogen and oxygen atoms in total. The van der Waals surface area contributed by atoms with Gasteiger partial charge in [0.2, 0.25) is 0 Å². The molecule has 10 N–H and O–H groups in total. The Balaban J connectivity index is 1.99. The molecule has 3 amide bonds. The number of phosphoric ester groups is 2. The molecular weight excluding hydrogens is 681 g/mol. The fraction of sp³-hybridized carbons (Fsp3) is 0.522. The zero-order valence-electron chi connectivity index (χ0n) is 24.6. The SMILES string of the molecule is C/C=C(\CCOP(=O)(O)OP(=O)(O)O)C[C@@]12Nc3cc(C)c(C)cc3N(C[C@H](O)[C@H](O)[C@H](O)COP(=O)(O)O)C1=NC(=O)NC2=O. The van der Waals surface area contributed by atoms with Crippen LogP contribution < -0.4 is 15.5 Å². The molecule has 0 saturated heterocycles. The minimum Gasteiger partial charge on any atom is -0.388 e. The average Bonchev–Trinajstić information content (AvgIpc) is 2.90. The van der Waals surface area contributed by atoms with Gasteiger partial charge in [-0.2, -0.15) is 9.30 Å². The summed E-state index contributed by atoms with van der Waals surface area (Å²) in [6.45, 7) is 2.85. The first-order valence-corrected chi connectivity index (χ1v) is 17.9. The Bertz CT molecular complexity index is 1560. The number of carbonyl (C=O) groups is 2. The molecule has 0 radical (unpaired) electrons. The van der Waals surface area contributed by atoms with Gasteiger partial charge in [-0.25, -0.2) is 18.5 Å². The second-order valence-electron chi connectivity index (χ2n) is 10.4. The molecule has 0 fully saturated rings. The number of carbonyl (C=O) groups excluding carboxylic acids is 2. The molecule has 46 heavy (non-hydrogen) atoms. The molecule has 23 heteroatoms. The van der Waals surface area contributed by atoms with Crippen molar-refractivity contribution in [3.63, 3.8) is 0 Å². The number of rotatable bonds is 15. The van der Waals surface area contributed by atoms with Crippen LogP contribution in [0, 0.1) is 13.8 Å². The van der Waals surface area contributed by atoms with Gasteiger partial charge in [0.1, 0.15) is 18.3 Å². The Labute approximate surface area is 261 Å². The number of urea groups is 1. The minimum atomic E-state index is -5.37. The van der Waals surface area contributed by atoms with E-state index in [1.54, 1.807) is 32.9 Å². The van der Waals surface area contributed by atoms with Crippen molar-refractivity contribution in [1.29, 1.82) is 0 Å². The Morgan fingerprint density at radius 3 is 2.22 bits per heavy atom. The fourth-order valence-corrected chi connectivity index (χ4v) is 6.67. The summed E-state index contributed by atoms with van der Waals surface area (Å²) in [4.78, 5) is 76.4. The quantitative estimate of drug-likeness (QED) is 0.0848. The molecule has 0 aromatic heterocycles. The Kier molecular flexibility index (Phi) is 11.9. The van der Waals surface area contributed by atoms with Crippen LogP contribution in [0.3, 0.4) is 0 Å². The number of β-amino-alcohol motifs (C(OH)–C–C–N with tert-alkyl or cyclic N) is 1. The van der Waals surface area contributed by atoms with E-state index in [4.69, 9.17) is 19.6 Å². The van der Waals surface area contributed by atoms with Crippen molar-refractivity contribution in [3.05, 3.63) is 34.9 Å². The summed E-state index contributed by atoms with van der Waals surface area (Å²) in [5, 5.41) is 36.9. The Morgan fingerprint density at radius 2 is 1.63 bits per heavy atom. The first-order valence-electron chi connectivity index (χ1n) is 13.3. The second-order valence-corrected chi connectivity index (χ2v) is 14.5. The molecular formula is C23H35N4O16P3. The Morgan fingerprint density at radius 1 is 1.00 bits per heavy atom. The highest BCUT2D eigenvalue weighted by Gasteiger charge is 2.54. The molecule has 2 aliphatic rings. The summed E-state index contributed by atoms with van der Waals surface area (Å²) in [5.74, 6) is -1.14. The van der Waals surface area contributed by atoms with Crippen molar-refractivity contribution in [2.75, 3.05) is 30.0 Å². The smallest absolute Gasteiger partial charge is 0.388 e. The van der Waals surface area contributed by atoms with Crippen molar-refractivity contribution >= 4 is 52.6 Å². The van der Waals surface area contributed by atoms with Crippen LogP contribution >= 0.6 is 23.5 Å². The molecule has 1 aromatic carbocycles. The molecule has 258 valence electrons. The molecule has 0 bridgehead atoms. The van der Waals surface area contributed by atoms with E-state index in [9.17, 15) is 43.5 Å². The van der Waals surface area contributed by atoms with Gasteiger partial charge in [0.15, 0.2) is 11.4 Å². The minimum absolute atomic E-state index is 0.184. The molecule has 0 spiro atoms. The summed E-state index contributed by atoms with van der Waals surface area (Å²) in [6, 6.07) is 2.25. The van der Waals surface area contributed by atoms with Gasteiger partial charge in [0, 0.05) is 6.42 Å². The number of nitrogens with zero attached hydrogens (tertiary/aromatic N) is 2. The molecule has 2 heterocycles. The lowest BCUT2D eigenvalue weighted by Gasteiger charge is -2.48. The van der Waals surface area contributed by atoms with E-state index < -0.39 is 79.0 Å². The largest absolute Gasteiger partial charge is 0.481 e. The third kappa shape index (κ3) is 9.59. The van der Waals surface area contributed by atoms with E-state index in [1.165, 1.54) is 11.0 Å². The maximum atomic E-state index is 13.6. The molecule has 5 atom stereocenters. The zero-order chi connectivity index (χ0) is 34.8. The number of fused-ring (bicyclic) bond motifs is 2. The molecule has 0 saturated carbocycles. The lowest BCUT2D eigenvalue weighted by atomic mass is 9.82. The highest BCUT2D eigenvalue weighted by Crippen LogP contribution is 2.57. The summed E-state index contributed by atoms with van der Waals surface area (Å²) < 4.78 is 46.5.